The Kier molecular flexibility index (Phi) is 6.32. The van der Waals surface area contributed by atoms with Gasteiger partial charge in [0.2, 0.25) is 5.91 Å². The van der Waals surface area contributed by atoms with Gasteiger partial charge in [0, 0.05) is 49.9 Å². The number of nitrogens with two attached hydrogens (primary N) is 2. The van der Waals surface area contributed by atoms with Crippen molar-refractivity contribution < 1.29 is 14.3 Å². The zero-order valence-electron chi connectivity index (χ0n) is 22.1. The number of likely N-dealkylation sites (N-methyl/N-ethyl adjacent to an activating group) is 1. The fourth-order valence-electron chi connectivity index (χ4n) is 5.88. The molecule has 202 valence electrons. The molecule has 11 nitrogen and oxygen atoms in total. The minimum Gasteiger partial charge on any atom is -0.496 e. The maximum Gasteiger partial charge on any atom is 0.248 e. The van der Waals surface area contributed by atoms with Gasteiger partial charge in [-0.25, -0.2) is 14.6 Å². The average Bonchev–Trinajstić information content (AvgIpc) is 3.49. The molecular weight excluding hydrogens is 496 g/mol. The monoisotopic (exact) mass is 528 g/mol. The summed E-state index contributed by atoms with van der Waals surface area (Å²) in [4.78, 5) is 26.2. The lowest BCUT2D eigenvalue weighted by atomic mass is 9.84. The molecule has 2 aromatic carbocycles. The number of anilines is 2. The van der Waals surface area contributed by atoms with Gasteiger partial charge in [-0.15, -0.1) is 0 Å². The molecule has 1 amide bonds. The van der Waals surface area contributed by atoms with Crippen LogP contribution in [-0.2, 0) is 28.0 Å². The van der Waals surface area contributed by atoms with E-state index in [0.717, 1.165) is 49.7 Å². The molecule has 4 N–H and O–H groups in total. The van der Waals surface area contributed by atoms with Gasteiger partial charge in [0.05, 0.1) is 32.3 Å². The number of carbonyl (C=O) groups is 1. The number of morpholine rings is 1. The summed E-state index contributed by atoms with van der Waals surface area (Å²) in [5.41, 5.74) is 16.2. The zero-order valence-corrected chi connectivity index (χ0v) is 22.1. The van der Waals surface area contributed by atoms with E-state index in [4.69, 9.17) is 26.0 Å². The Hall–Kier alpha value is -4.22. The SMILES string of the molecule is COc1cc(-c2nn(CCN3CCOCC3)c3ncnc(N)c23)ccc1C1(C(N)=O)Cc2ccccc2N1C. The number of carbonyl (C=O) groups excluding carboxylic acids is 1. The van der Waals surface area contributed by atoms with Crippen LogP contribution in [0.2, 0.25) is 0 Å². The lowest BCUT2D eigenvalue weighted by molar-refractivity contribution is -0.123. The second kappa shape index (κ2) is 9.83. The van der Waals surface area contributed by atoms with Crippen molar-refractivity contribution in [3.8, 4) is 17.0 Å². The van der Waals surface area contributed by atoms with Gasteiger partial charge >= 0.3 is 0 Å². The molecule has 2 aliphatic heterocycles. The summed E-state index contributed by atoms with van der Waals surface area (Å²) in [7, 11) is 3.49. The highest BCUT2D eigenvalue weighted by Crippen LogP contribution is 2.47. The van der Waals surface area contributed by atoms with E-state index in [1.807, 2.05) is 59.1 Å². The number of hydrogen-bond acceptors (Lipinski definition) is 9. The summed E-state index contributed by atoms with van der Waals surface area (Å²) < 4.78 is 13.2. The lowest BCUT2D eigenvalue weighted by Crippen LogP contribution is -2.52. The topological polar surface area (TPSA) is 138 Å². The van der Waals surface area contributed by atoms with Gasteiger partial charge in [-0.1, -0.05) is 30.3 Å². The van der Waals surface area contributed by atoms with E-state index in [2.05, 4.69) is 14.9 Å². The van der Waals surface area contributed by atoms with E-state index < -0.39 is 11.4 Å². The van der Waals surface area contributed by atoms with Gasteiger partial charge in [0.1, 0.15) is 23.6 Å². The van der Waals surface area contributed by atoms with E-state index >= 15 is 0 Å². The molecule has 1 atom stereocenters. The Balaban J connectivity index is 1.41. The fraction of sp³-hybridized carbons (Fsp3) is 0.357. The molecule has 4 heterocycles. The third-order valence-corrected chi connectivity index (χ3v) is 7.99. The molecule has 0 aliphatic carbocycles. The van der Waals surface area contributed by atoms with E-state index in [-0.39, 0.29) is 0 Å². The Morgan fingerprint density at radius 3 is 2.67 bits per heavy atom. The first kappa shape index (κ1) is 25.1. The second-order valence-electron chi connectivity index (χ2n) is 9.99. The van der Waals surface area contributed by atoms with E-state index in [9.17, 15) is 4.79 Å². The average molecular weight is 529 g/mol. The molecule has 1 unspecified atom stereocenters. The summed E-state index contributed by atoms with van der Waals surface area (Å²) in [5.74, 6) is 0.454. The second-order valence-corrected chi connectivity index (χ2v) is 9.99. The predicted octanol–water partition coefficient (Wildman–Crippen LogP) is 1.79. The van der Waals surface area contributed by atoms with Crippen LogP contribution in [0.15, 0.2) is 48.8 Å². The standard InChI is InChI=1S/C28H32N8O3/c1-34-21-6-4-3-5-19(21)16-28(34,27(30)37)20-8-7-18(15-22(20)38-2)24-23-25(29)31-17-32-26(23)36(33-24)10-9-35-11-13-39-14-12-35/h3-8,15,17H,9-14,16H2,1-2H3,(H2,30,37)(H2,29,31,32). The summed E-state index contributed by atoms with van der Waals surface area (Å²) in [6.45, 7) is 4.72. The van der Waals surface area contributed by atoms with Crippen LogP contribution >= 0.6 is 0 Å². The normalized spacial score (nSPS) is 19.4. The predicted molar refractivity (Wildman–Crippen MR) is 148 cm³/mol. The largest absolute Gasteiger partial charge is 0.496 e. The zero-order chi connectivity index (χ0) is 27.1. The maximum absolute atomic E-state index is 13.1. The van der Waals surface area contributed by atoms with Crippen LogP contribution in [0.4, 0.5) is 11.5 Å². The fourth-order valence-corrected chi connectivity index (χ4v) is 5.88. The molecule has 6 rings (SSSR count). The molecular formula is C28H32N8O3. The number of methoxy groups -OCH3 is 1. The first-order valence-corrected chi connectivity index (χ1v) is 13.0. The van der Waals surface area contributed by atoms with Crippen molar-refractivity contribution >= 4 is 28.4 Å². The van der Waals surface area contributed by atoms with Crippen LogP contribution in [-0.4, -0.2) is 77.6 Å². The number of ether oxygens (including phenoxy) is 2. The Labute approximate surface area is 226 Å². The smallest absolute Gasteiger partial charge is 0.248 e. The molecule has 39 heavy (non-hydrogen) atoms. The third-order valence-electron chi connectivity index (χ3n) is 7.99. The molecule has 2 aromatic heterocycles. The van der Waals surface area contributed by atoms with E-state index in [1.165, 1.54) is 6.33 Å². The highest BCUT2D eigenvalue weighted by Gasteiger charge is 2.50. The van der Waals surface area contributed by atoms with Crippen molar-refractivity contribution in [3.63, 3.8) is 0 Å². The van der Waals surface area contributed by atoms with Crippen LogP contribution in [0.5, 0.6) is 5.75 Å². The molecule has 4 aromatic rings. The van der Waals surface area contributed by atoms with Gasteiger partial charge in [-0.2, -0.15) is 5.10 Å². The summed E-state index contributed by atoms with van der Waals surface area (Å²) in [6, 6.07) is 13.7. The number of primary amides is 1. The van der Waals surface area contributed by atoms with Crippen LogP contribution in [0, 0.1) is 0 Å². The Morgan fingerprint density at radius 1 is 1.13 bits per heavy atom. The number of benzene rings is 2. The van der Waals surface area contributed by atoms with E-state index in [1.54, 1.807) is 7.11 Å². The van der Waals surface area contributed by atoms with Crippen molar-refractivity contribution in [2.75, 3.05) is 57.6 Å². The number of nitrogens with zero attached hydrogens (tertiary/aromatic N) is 6. The van der Waals surface area contributed by atoms with Crippen molar-refractivity contribution in [1.29, 1.82) is 0 Å². The van der Waals surface area contributed by atoms with Crippen LogP contribution in [0.1, 0.15) is 11.1 Å². The van der Waals surface area contributed by atoms with Crippen LogP contribution in [0.25, 0.3) is 22.3 Å². The molecule has 1 saturated heterocycles. The van der Waals surface area contributed by atoms with Crippen LogP contribution < -0.4 is 21.1 Å². The number of fused-ring (bicyclic) bond motifs is 2. The quantitative estimate of drug-likeness (QED) is 0.368. The number of hydrogen-bond donors (Lipinski definition) is 2. The lowest BCUT2D eigenvalue weighted by Gasteiger charge is -2.36. The number of rotatable bonds is 7. The molecule has 11 heteroatoms. The van der Waals surface area contributed by atoms with Gasteiger partial charge in [-0.05, 0) is 17.7 Å². The summed E-state index contributed by atoms with van der Waals surface area (Å²) in [6.07, 6.45) is 1.91. The first-order valence-electron chi connectivity index (χ1n) is 13.0. The molecule has 1 fully saturated rings. The summed E-state index contributed by atoms with van der Waals surface area (Å²) >= 11 is 0. The molecule has 0 radical (unpaired) electrons. The molecule has 0 spiro atoms. The Bertz CT molecular complexity index is 1550. The van der Waals surface area contributed by atoms with Gasteiger partial charge < -0.3 is 25.8 Å². The van der Waals surface area contributed by atoms with Crippen molar-refractivity contribution in [3.05, 3.63) is 59.9 Å². The third kappa shape index (κ3) is 4.05. The Morgan fingerprint density at radius 2 is 1.92 bits per heavy atom. The molecule has 0 bridgehead atoms. The number of para-hydroxylation sites is 1. The van der Waals surface area contributed by atoms with Crippen molar-refractivity contribution in [1.82, 2.24) is 24.6 Å². The molecule has 0 saturated carbocycles. The first-order chi connectivity index (χ1) is 18.9. The minimum absolute atomic E-state index is 0.357. The van der Waals surface area contributed by atoms with Gasteiger partial charge in [0.15, 0.2) is 11.2 Å². The van der Waals surface area contributed by atoms with Gasteiger partial charge in [0.25, 0.3) is 0 Å². The minimum atomic E-state index is -1.09. The summed E-state index contributed by atoms with van der Waals surface area (Å²) in [5, 5.41) is 5.61. The molecule has 2 aliphatic rings. The highest BCUT2D eigenvalue weighted by molar-refractivity contribution is 5.99. The van der Waals surface area contributed by atoms with Crippen LogP contribution in [0.3, 0.4) is 0 Å². The number of aromatic nitrogens is 4. The number of nitrogen functional groups attached to an aromatic ring is 1. The highest BCUT2D eigenvalue weighted by atomic mass is 16.5. The van der Waals surface area contributed by atoms with Crippen molar-refractivity contribution in [2.45, 2.75) is 18.5 Å². The van der Waals surface area contributed by atoms with Crippen molar-refractivity contribution in [2.24, 2.45) is 5.73 Å². The van der Waals surface area contributed by atoms with Gasteiger partial charge in [-0.3, -0.25) is 9.69 Å². The number of amides is 1. The van der Waals surface area contributed by atoms with E-state index in [0.29, 0.717) is 46.8 Å². The maximum atomic E-state index is 13.1.